The van der Waals surface area contributed by atoms with E-state index >= 15 is 0 Å². The zero-order valence-corrected chi connectivity index (χ0v) is 14.5. The molecule has 0 heterocycles. The van der Waals surface area contributed by atoms with Crippen molar-refractivity contribution >= 4 is 10.0 Å². The van der Waals surface area contributed by atoms with Crippen molar-refractivity contribution in [1.82, 2.24) is 4.31 Å². The average Bonchev–Trinajstić information content (AvgIpc) is 2.47. The van der Waals surface area contributed by atoms with Gasteiger partial charge in [-0.3, -0.25) is 0 Å². The summed E-state index contributed by atoms with van der Waals surface area (Å²) in [4.78, 5) is 0.326. The molecule has 0 radical (unpaired) electrons. The summed E-state index contributed by atoms with van der Waals surface area (Å²) < 4.78 is 32.8. The van der Waals surface area contributed by atoms with Crippen LogP contribution in [0.5, 0.6) is 5.75 Å². The summed E-state index contributed by atoms with van der Waals surface area (Å²) in [5, 5.41) is 0. The van der Waals surface area contributed by atoms with Gasteiger partial charge in [-0.05, 0) is 57.9 Å². The molecule has 0 saturated carbocycles. The summed E-state index contributed by atoms with van der Waals surface area (Å²) in [7, 11) is -3.48. The number of benzene rings is 1. The van der Waals surface area contributed by atoms with Crippen molar-refractivity contribution in [2.24, 2.45) is 0 Å². The fourth-order valence-corrected chi connectivity index (χ4v) is 4.23. The topological polar surface area (TPSA) is 46.6 Å². The van der Waals surface area contributed by atoms with E-state index < -0.39 is 10.0 Å². The maximum Gasteiger partial charge on any atom is 0.243 e. The molecule has 0 N–H and O–H groups in total. The molecule has 4 nitrogen and oxygen atoms in total. The second kappa shape index (κ2) is 7.80. The van der Waals surface area contributed by atoms with Crippen molar-refractivity contribution in [3.8, 4) is 5.75 Å². The molecular formula is C16H27NO3S. The molecule has 0 aliphatic rings. The lowest BCUT2D eigenvalue weighted by molar-refractivity contribution is 0.262. The summed E-state index contributed by atoms with van der Waals surface area (Å²) in [5.41, 5.74) is 0. The summed E-state index contributed by atoms with van der Waals surface area (Å²) in [6.45, 7) is 10.4. The van der Waals surface area contributed by atoms with Crippen molar-refractivity contribution < 1.29 is 13.2 Å². The van der Waals surface area contributed by atoms with Crippen LogP contribution in [0.4, 0.5) is 0 Å². The van der Waals surface area contributed by atoms with Crippen molar-refractivity contribution in [3.63, 3.8) is 0 Å². The Kier molecular flexibility index (Phi) is 6.68. The van der Waals surface area contributed by atoms with E-state index in [-0.39, 0.29) is 12.1 Å². The molecule has 0 aliphatic carbocycles. The molecule has 1 aromatic carbocycles. The number of nitrogens with zero attached hydrogens (tertiary/aromatic N) is 1. The van der Waals surface area contributed by atoms with Gasteiger partial charge in [0.2, 0.25) is 10.0 Å². The van der Waals surface area contributed by atoms with Crippen LogP contribution in [0, 0.1) is 0 Å². The lowest BCUT2D eigenvalue weighted by Gasteiger charge is -2.32. The van der Waals surface area contributed by atoms with Crippen molar-refractivity contribution in [3.05, 3.63) is 24.3 Å². The first-order valence-electron chi connectivity index (χ1n) is 7.64. The van der Waals surface area contributed by atoms with Crippen molar-refractivity contribution in [1.29, 1.82) is 0 Å². The minimum atomic E-state index is -3.48. The second-order valence-corrected chi connectivity index (χ2v) is 7.10. The van der Waals surface area contributed by atoms with Gasteiger partial charge in [-0.1, -0.05) is 13.8 Å². The third-order valence-corrected chi connectivity index (χ3v) is 5.90. The van der Waals surface area contributed by atoms with E-state index in [9.17, 15) is 8.42 Å². The molecular weight excluding hydrogens is 286 g/mol. The Hall–Kier alpha value is -1.07. The van der Waals surface area contributed by atoms with Crippen LogP contribution in [0.3, 0.4) is 0 Å². The van der Waals surface area contributed by atoms with Gasteiger partial charge in [0.25, 0.3) is 0 Å². The second-order valence-electron chi connectivity index (χ2n) is 5.25. The molecule has 1 aromatic rings. The molecule has 2 atom stereocenters. The van der Waals surface area contributed by atoms with Crippen molar-refractivity contribution in [2.75, 3.05) is 6.61 Å². The first-order valence-corrected chi connectivity index (χ1v) is 9.08. The van der Waals surface area contributed by atoms with Gasteiger partial charge in [0, 0.05) is 12.1 Å². The highest BCUT2D eigenvalue weighted by Crippen LogP contribution is 2.25. The molecule has 0 saturated heterocycles. The van der Waals surface area contributed by atoms with E-state index in [2.05, 4.69) is 0 Å². The number of sulfonamides is 1. The highest BCUT2D eigenvalue weighted by Gasteiger charge is 2.31. The van der Waals surface area contributed by atoms with Gasteiger partial charge in [-0.25, -0.2) is 8.42 Å². The zero-order chi connectivity index (χ0) is 16.0. The highest BCUT2D eigenvalue weighted by molar-refractivity contribution is 7.89. The van der Waals surface area contributed by atoms with Crippen LogP contribution in [-0.4, -0.2) is 31.4 Å². The van der Waals surface area contributed by atoms with Crippen LogP contribution in [0.15, 0.2) is 29.2 Å². The van der Waals surface area contributed by atoms with Gasteiger partial charge < -0.3 is 4.74 Å². The van der Waals surface area contributed by atoms with Crippen molar-refractivity contribution in [2.45, 2.75) is 64.4 Å². The van der Waals surface area contributed by atoms with E-state index in [1.165, 1.54) is 0 Å². The van der Waals surface area contributed by atoms with Gasteiger partial charge in [-0.15, -0.1) is 0 Å². The third-order valence-electron chi connectivity index (χ3n) is 3.76. The Morgan fingerprint density at radius 3 is 1.86 bits per heavy atom. The van der Waals surface area contributed by atoms with E-state index in [0.717, 1.165) is 12.8 Å². The maximum atomic E-state index is 12.9. The normalized spacial score (nSPS) is 15.0. The Bertz CT molecular complexity index is 515. The van der Waals surface area contributed by atoms with Crippen LogP contribution < -0.4 is 4.74 Å². The Morgan fingerprint density at radius 1 is 1.00 bits per heavy atom. The molecule has 2 unspecified atom stereocenters. The van der Waals surface area contributed by atoms with Crippen LogP contribution in [0.25, 0.3) is 0 Å². The molecule has 0 spiro atoms. The summed E-state index contributed by atoms with van der Waals surface area (Å²) in [6, 6.07) is 6.63. The first kappa shape index (κ1) is 18.0. The third kappa shape index (κ3) is 4.20. The molecule has 120 valence electrons. The number of rotatable bonds is 8. The quantitative estimate of drug-likeness (QED) is 0.735. The van der Waals surface area contributed by atoms with E-state index in [1.54, 1.807) is 28.6 Å². The zero-order valence-electron chi connectivity index (χ0n) is 13.7. The number of ether oxygens (including phenoxy) is 1. The minimum Gasteiger partial charge on any atom is -0.494 e. The van der Waals surface area contributed by atoms with Crippen LogP contribution >= 0.6 is 0 Å². The van der Waals surface area contributed by atoms with Gasteiger partial charge in [0.1, 0.15) is 5.75 Å². The van der Waals surface area contributed by atoms with E-state index in [4.69, 9.17) is 4.74 Å². The Morgan fingerprint density at radius 2 is 1.48 bits per heavy atom. The molecule has 21 heavy (non-hydrogen) atoms. The molecule has 1 rings (SSSR count). The molecule has 0 aromatic heterocycles. The number of hydrogen-bond donors (Lipinski definition) is 0. The average molecular weight is 313 g/mol. The van der Waals surface area contributed by atoms with Gasteiger partial charge in [0.05, 0.1) is 11.5 Å². The fourth-order valence-electron chi connectivity index (χ4n) is 2.26. The Labute approximate surface area is 129 Å². The van der Waals surface area contributed by atoms with Gasteiger partial charge in [-0.2, -0.15) is 4.31 Å². The predicted octanol–water partition coefficient (Wildman–Crippen LogP) is 3.67. The SMILES string of the molecule is CCOc1ccc(S(=O)(=O)N(C(C)CC)C(C)CC)cc1. The maximum absolute atomic E-state index is 12.9. The summed E-state index contributed by atoms with van der Waals surface area (Å²) >= 11 is 0. The summed E-state index contributed by atoms with van der Waals surface area (Å²) in [5.74, 6) is 0.690. The van der Waals surface area contributed by atoms with Crippen LogP contribution in [0.1, 0.15) is 47.5 Å². The lowest BCUT2D eigenvalue weighted by atomic mass is 10.2. The summed E-state index contributed by atoms with van der Waals surface area (Å²) in [6.07, 6.45) is 1.58. The number of hydrogen-bond acceptors (Lipinski definition) is 3. The van der Waals surface area contributed by atoms with E-state index in [1.807, 2.05) is 34.6 Å². The molecule has 5 heteroatoms. The smallest absolute Gasteiger partial charge is 0.243 e. The van der Waals surface area contributed by atoms with Gasteiger partial charge >= 0.3 is 0 Å². The lowest BCUT2D eigenvalue weighted by Crippen LogP contribution is -2.44. The molecule has 0 bridgehead atoms. The van der Waals surface area contributed by atoms with Crippen LogP contribution in [0.2, 0.25) is 0 Å². The standard InChI is InChI=1S/C16H27NO3S/c1-6-13(4)17(14(5)7-2)21(18,19)16-11-9-15(10-12-16)20-8-3/h9-14H,6-8H2,1-5H3. The predicted molar refractivity (Wildman–Crippen MR) is 86.1 cm³/mol. The van der Waals surface area contributed by atoms with Gasteiger partial charge in [0.15, 0.2) is 0 Å². The van der Waals surface area contributed by atoms with E-state index in [0.29, 0.717) is 17.3 Å². The minimum absolute atomic E-state index is 0.0171. The monoisotopic (exact) mass is 313 g/mol. The molecule has 0 amide bonds. The highest BCUT2D eigenvalue weighted by atomic mass is 32.2. The fraction of sp³-hybridized carbons (Fsp3) is 0.625. The largest absolute Gasteiger partial charge is 0.494 e. The first-order chi connectivity index (χ1) is 9.88. The van der Waals surface area contributed by atoms with Crippen LogP contribution in [-0.2, 0) is 10.0 Å². The molecule has 0 fully saturated rings. The Balaban J connectivity index is 3.16. The molecule has 0 aliphatic heterocycles.